The maximum absolute atomic E-state index is 10.5. The van der Waals surface area contributed by atoms with Crippen molar-refractivity contribution in [3.05, 3.63) is 16.9 Å². The molecular weight excluding hydrogens is 168 g/mol. The van der Waals surface area contributed by atoms with E-state index in [-0.39, 0.29) is 16.5 Å². The van der Waals surface area contributed by atoms with Crippen molar-refractivity contribution in [2.45, 2.75) is 0 Å². The minimum atomic E-state index is -0.716. The van der Waals surface area contributed by atoms with Gasteiger partial charge in [-0.25, -0.2) is 0 Å². The summed E-state index contributed by atoms with van der Waals surface area (Å²) < 4.78 is 0. The molecule has 5 nitrogen and oxygen atoms in total. The monoisotopic (exact) mass is 172 g/mol. The van der Waals surface area contributed by atoms with Gasteiger partial charge < -0.3 is 11.5 Å². The first kappa shape index (κ1) is 7.74. The number of anilines is 1. The third kappa shape index (κ3) is 1.56. The zero-order chi connectivity index (χ0) is 8.43. The highest BCUT2D eigenvalue weighted by atomic mass is 35.5. The second-order valence-electron chi connectivity index (χ2n) is 1.84. The van der Waals surface area contributed by atoms with Crippen molar-refractivity contribution in [2.75, 3.05) is 5.73 Å². The van der Waals surface area contributed by atoms with Crippen LogP contribution in [0.15, 0.2) is 6.07 Å². The topological polar surface area (TPSA) is 94.9 Å². The number of nitrogens with two attached hydrogens (primary N) is 2. The van der Waals surface area contributed by atoms with Crippen molar-refractivity contribution in [1.29, 1.82) is 0 Å². The highest BCUT2D eigenvalue weighted by Gasteiger charge is 2.07. The lowest BCUT2D eigenvalue weighted by Crippen LogP contribution is -2.16. The second-order valence-corrected chi connectivity index (χ2v) is 2.22. The fourth-order valence-electron chi connectivity index (χ4n) is 0.573. The Kier molecular flexibility index (Phi) is 1.91. The van der Waals surface area contributed by atoms with Crippen molar-refractivity contribution in [1.82, 2.24) is 10.2 Å². The van der Waals surface area contributed by atoms with Crippen LogP contribution in [0.4, 0.5) is 5.69 Å². The van der Waals surface area contributed by atoms with Gasteiger partial charge in [0, 0.05) is 6.07 Å². The fraction of sp³-hybridized carbons (Fsp3) is 0. The standard InChI is InChI=1S/C5H5ClN4O/c6-3-1-2(7)4(5(8)11)10-9-3/h1H,(H2,7,9)(H2,8,11). The summed E-state index contributed by atoms with van der Waals surface area (Å²) >= 11 is 5.42. The molecular formula is C5H5ClN4O. The zero-order valence-corrected chi connectivity index (χ0v) is 6.17. The van der Waals surface area contributed by atoms with Gasteiger partial charge in [0.15, 0.2) is 10.8 Å². The van der Waals surface area contributed by atoms with Gasteiger partial charge >= 0.3 is 0 Å². The molecule has 0 saturated carbocycles. The third-order valence-electron chi connectivity index (χ3n) is 1.03. The molecule has 58 valence electrons. The first-order valence-electron chi connectivity index (χ1n) is 2.70. The van der Waals surface area contributed by atoms with E-state index in [0.29, 0.717) is 0 Å². The Morgan fingerprint density at radius 1 is 1.55 bits per heavy atom. The number of aromatic nitrogens is 2. The van der Waals surface area contributed by atoms with Gasteiger partial charge in [-0.15, -0.1) is 10.2 Å². The average Bonchev–Trinajstić information content (AvgIpc) is 1.85. The summed E-state index contributed by atoms with van der Waals surface area (Å²) in [5.74, 6) is -0.716. The lowest BCUT2D eigenvalue weighted by molar-refractivity contribution is 0.0995. The number of hydrogen-bond acceptors (Lipinski definition) is 4. The maximum Gasteiger partial charge on any atom is 0.271 e. The van der Waals surface area contributed by atoms with Crippen LogP contribution in [-0.4, -0.2) is 16.1 Å². The average molecular weight is 173 g/mol. The van der Waals surface area contributed by atoms with Crippen LogP contribution in [0.1, 0.15) is 10.5 Å². The number of carbonyl (C=O) groups is 1. The van der Waals surface area contributed by atoms with E-state index in [9.17, 15) is 4.79 Å². The normalized spacial score (nSPS) is 9.55. The smallest absolute Gasteiger partial charge is 0.271 e. The van der Waals surface area contributed by atoms with Gasteiger partial charge in [0.2, 0.25) is 0 Å². The highest BCUT2D eigenvalue weighted by Crippen LogP contribution is 2.11. The van der Waals surface area contributed by atoms with Gasteiger partial charge in [-0.05, 0) is 0 Å². The molecule has 0 aliphatic heterocycles. The SMILES string of the molecule is NC(=O)c1nnc(Cl)cc1N. The number of hydrogen-bond donors (Lipinski definition) is 2. The van der Waals surface area contributed by atoms with Crippen molar-refractivity contribution < 1.29 is 4.79 Å². The van der Waals surface area contributed by atoms with Crippen LogP contribution in [0.3, 0.4) is 0 Å². The fourth-order valence-corrected chi connectivity index (χ4v) is 0.728. The first-order chi connectivity index (χ1) is 5.11. The van der Waals surface area contributed by atoms with Gasteiger partial charge in [0.1, 0.15) is 0 Å². The zero-order valence-electron chi connectivity index (χ0n) is 5.41. The highest BCUT2D eigenvalue weighted by molar-refractivity contribution is 6.29. The van der Waals surface area contributed by atoms with Gasteiger partial charge in [-0.2, -0.15) is 0 Å². The summed E-state index contributed by atoms with van der Waals surface area (Å²) in [6.45, 7) is 0. The molecule has 6 heteroatoms. The molecule has 0 aliphatic carbocycles. The molecule has 0 aliphatic rings. The Hall–Kier alpha value is -1.36. The number of rotatable bonds is 1. The van der Waals surface area contributed by atoms with Crippen LogP contribution in [0, 0.1) is 0 Å². The summed E-state index contributed by atoms with van der Waals surface area (Å²) in [5.41, 5.74) is 10.3. The molecule has 1 heterocycles. The van der Waals surface area contributed by atoms with Crippen LogP contribution in [0.5, 0.6) is 0 Å². The summed E-state index contributed by atoms with van der Waals surface area (Å²) in [6.07, 6.45) is 0. The van der Waals surface area contributed by atoms with Crippen LogP contribution in [0.2, 0.25) is 5.15 Å². The molecule has 0 spiro atoms. The molecule has 1 aromatic rings. The predicted molar refractivity (Wildman–Crippen MR) is 40.0 cm³/mol. The molecule has 0 unspecified atom stereocenters. The van der Waals surface area contributed by atoms with E-state index in [1.807, 2.05) is 0 Å². The summed E-state index contributed by atoms with van der Waals surface area (Å²) in [7, 11) is 0. The van der Waals surface area contributed by atoms with E-state index in [2.05, 4.69) is 10.2 Å². The van der Waals surface area contributed by atoms with Gasteiger partial charge in [0.05, 0.1) is 5.69 Å². The van der Waals surface area contributed by atoms with Gasteiger partial charge in [-0.3, -0.25) is 4.79 Å². The second kappa shape index (κ2) is 2.71. The molecule has 0 atom stereocenters. The van der Waals surface area contributed by atoms with Crippen LogP contribution < -0.4 is 11.5 Å². The Morgan fingerprint density at radius 2 is 2.18 bits per heavy atom. The number of nitrogen functional groups attached to an aromatic ring is 1. The predicted octanol–water partition coefficient (Wildman–Crippen LogP) is -0.189. The number of amides is 1. The Balaban J connectivity index is 3.20. The molecule has 4 N–H and O–H groups in total. The third-order valence-corrected chi connectivity index (χ3v) is 1.21. The van der Waals surface area contributed by atoms with Crippen LogP contribution in [0.25, 0.3) is 0 Å². The molecule has 1 amide bonds. The molecule has 0 bridgehead atoms. The van der Waals surface area contributed by atoms with Crippen LogP contribution >= 0.6 is 11.6 Å². The minimum absolute atomic E-state index is 0.0607. The van der Waals surface area contributed by atoms with Gasteiger partial charge in [0.25, 0.3) is 5.91 Å². The number of carbonyl (C=O) groups excluding carboxylic acids is 1. The van der Waals surface area contributed by atoms with E-state index >= 15 is 0 Å². The Labute approximate surface area is 67.3 Å². The van der Waals surface area contributed by atoms with Crippen molar-refractivity contribution in [3.8, 4) is 0 Å². The molecule has 0 saturated heterocycles. The number of nitrogens with zero attached hydrogens (tertiary/aromatic N) is 2. The number of halogens is 1. The maximum atomic E-state index is 10.5. The molecule has 0 radical (unpaired) electrons. The van der Waals surface area contributed by atoms with Gasteiger partial charge in [-0.1, -0.05) is 11.6 Å². The molecule has 1 rings (SSSR count). The minimum Gasteiger partial charge on any atom is -0.397 e. The molecule has 0 fully saturated rings. The van der Waals surface area contributed by atoms with Crippen LogP contribution in [-0.2, 0) is 0 Å². The summed E-state index contributed by atoms with van der Waals surface area (Å²) in [5, 5.41) is 6.92. The van der Waals surface area contributed by atoms with Crippen molar-refractivity contribution >= 4 is 23.2 Å². The summed E-state index contributed by atoms with van der Waals surface area (Å²) in [6, 6.07) is 1.31. The molecule has 11 heavy (non-hydrogen) atoms. The van der Waals surface area contributed by atoms with E-state index in [1.54, 1.807) is 0 Å². The number of primary amides is 1. The summed E-state index contributed by atoms with van der Waals surface area (Å²) in [4.78, 5) is 10.5. The van der Waals surface area contributed by atoms with E-state index in [4.69, 9.17) is 23.1 Å². The lowest BCUT2D eigenvalue weighted by atomic mass is 10.3. The Bertz CT molecular complexity index is 301. The largest absolute Gasteiger partial charge is 0.397 e. The lowest BCUT2D eigenvalue weighted by Gasteiger charge is -1.97. The van der Waals surface area contributed by atoms with E-state index < -0.39 is 5.91 Å². The van der Waals surface area contributed by atoms with Crippen molar-refractivity contribution in [3.63, 3.8) is 0 Å². The quantitative estimate of drug-likeness (QED) is 0.614. The molecule has 1 aromatic heterocycles. The van der Waals surface area contributed by atoms with E-state index in [0.717, 1.165) is 0 Å². The first-order valence-corrected chi connectivity index (χ1v) is 3.07. The Morgan fingerprint density at radius 3 is 2.64 bits per heavy atom. The molecule has 0 aromatic carbocycles. The van der Waals surface area contributed by atoms with Crippen molar-refractivity contribution in [2.24, 2.45) is 5.73 Å². The van der Waals surface area contributed by atoms with E-state index in [1.165, 1.54) is 6.07 Å².